The van der Waals surface area contributed by atoms with Gasteiger partial charge in [-0.15, -0.1) is 0 Å². The quantitative estimate of drug-likeness (QED) is 0.664. The minimum atomic E-state index is -4.23. The summed E-state index contributed by atoms with van der Waals surface area (Å²) in [5.41, 5.74) is 1.70. The summed E-state index contributed by atoms with van der Waals surface area (Å²) in [6.07, 6.45) is -2.31. The molecule has 3 nitrogen and oxygen atoms in total. The third kappa shape index (κ3) is 2.70. The third-order valence-electron chi connectivity index (χ3n) is 3.31. The summed E-state index contributed by atoms with van der Waals surface area (Å²) < 4.78 is 45.3. The maximum Gasteiger partial charge on any atom is 0.394 e. The molecule has 0 saturated heterocycles. The van der Waals surface area contributed by atoms with Gasteiger partial charge < -0.3 is 8.98 Å². The molecule has 1 aromatic carbocycles. The maximum atomic E-state index is 12.6. The highest BCUT2D eigenvalue weighted by molar-refractivity contribution is 9.10. The number of halogens is 4. The molecule has 0 unspecified atom stereocenters. The lowest BCUT2D eigenvalue weighted by Gasteiger charge is -2.08. The summed E-state index contributed by atoms with van der Waals surface area (Å²) in [7, 11) is 1.63. The van der Waals surface area contributed by atoms with Gasteiger partial charge in [0.1, 0.15) is 0 Å². The van der Waals surface area contributed by atoms with E-state index < -0.39 is 12.6 Å². The van der Waals surface area contributed by atoms with Crippen molar-refractivity contribution in [3.63, 3.8) is 0 Å². The van der Waals surface area contributed by atoms with E-state index in [1.54, 1.807) is 36.0 Å². The molecule has 0 amide bonds. The summed E-state index contributed by atoms with van der Waals surface area (Å²) in [5.74, 6) is 0.560. The number of hydrogen-bond acceptors (Lipinski definition) is 2. The number of hydrogen-bond donors (Lipinski definition) is 0. The zero-order valence-electron chi connectivity index (χ0n) is 10.9. The van der Waals surface area contributed by atoms with Gasteiger partial charge in [0.05, 0.1) is 12.6 Å². The normalized spacial score (nSPS) is 12.2. The highest BCUT2D eigenvalue weighted by Gasteiger charge is 2.29. The lowest BCUT2D eigenvalue weighted by atomic mass is 10.1. The second-order valence-electron chi connectivity index (χ2n) is 4.74. The smallest absolute Gasteiger partial charge is 0.394 e. The Labute approximate surface area is 126 Å². The van der Waals surface area contributed by atoms with Crippen molar-refractivity contribution in [3.8, 4) is 11.3 Å². The van der Waals surface area contributed by atoms with Crippen LogP contribution in [0.3, 0.4) is 0 Å². The molecule has 0 atom stereocenters. The van der Waals surface area contributed by atoms with Gasteiger partial charge in [0.2, 0.25) is 0 Å². The summed E-state index contributed by atoms with van der Waals surface area (Å²) in [6.45, 7) is 0. The molecule has 3 rings (SSSR count). The van der Waals surface area contributed by atoms with E-state index in [9.17, 15) is 13.2 Å². The molecular weight excluding hydrogens is 349 g/mol. The molecule has 3 aromatic rings. The average Bonchev–Trinajstić information content (AvgIpc) is 2.98. The molecule has 7 heteroatoms. The van der Waals surface area contributed by atoms with Crippen LogP contribution in [0.2, 0.25) is 0 Å². The number of benzene rings is 1. The Hall–Kier alpha value is -1.76. The van der Waals surface area contributed by atoms with Crippen molar-refractivity contribution in [2.75, 3.05) is 0 Å². The minimum absolute atomic E-state index is 0.221. The maximum absolute atomic E-state index is 12.6. The van der Waals surface area contributed by atoms with Crippen molar-refractivity contribution in [1.29, 1.82) is 0 Å². The van der Waals surface area contributed by atoms with Crippen molar-refractivity contribution in [2.24, 2.45) is 7.05 Å². The van der Waals surface area contributed by atoms with Crippen molar-refractivity contribution < 1.29 is 17.6 Å². The third-order valence-corrected chi connectivity index (χ3v) is 3.97. The number of oxazole rings is 1. The van der Waals surface area contributed by atoms with Crippen molar-refractivity contribution in [2.45, 2.75) is 12.6 Å². The summed E-state index contributed by atoms with van der Waals surface area (Å²) in [4.78, 5) is 3.85. The lowest BCUT2D eigenvalue weighted by Crippen LogP contribution is -2.13. The Kier molecular flexibility index (Phi) is 3.32. The van der Waals surface area contributed by atoms with E-state index in [-0.39, 0.29) is 5.69 Å². The predicted octanol–water partition coefficient (Wildman–Crippen LogP) is 4.70. The highest BCUT2D eigenvalue weighted by Crippen LogP contribution is 2.34. The van der Waals surface area contributed by atoms with Crippen LogP contribution < -0.4 is 0 Å². The molecule has 0 fully saturated rings. The first-order valence-corrected chi connectivity index (χ1v) is 6.88. The predicted molar refractivity (Wildman–Crippen MR) is 75.9 cm³/mol. The molecule has 0 N–H and O–H groups in total. The zero-order valence-corrected chi connectivity index (χ0v) is 12.5. The number of aromatic nitrogens is 2. The molecule has 0 radical (unpaired) electrons. The molecule has 110 valence electrons. The first-order chi connectivity index (χ1) is 9.85. The van der Waals surface area contributed by atoms with Gasteiger partial charge in [-0.2, -0.15) is 13.2 Å². The molecule has 0 saturated carbocycles. The molecule has 0 aliphatic rings. The first-order valence-electron chi connectivity index (χ1n) is 6.08. The summed E-state index contributed by atoms with van der Waals surface area (Å²) in [5, 5.41) is 0.728. The van der Waals surface area contributed by atoms with Gasteiger partial charge in [0, 0.05) is 33.7 Å². The first kappa shape index (κ1) is 14.2. The van der Waals surface area contributed by atoms with Crippen molar-refractivity contribution in [3.05, 3.63) is 41.0 Å². The average molecular weight is 359 g/mol. The number of aryl methyl sites for hydroxylation is 1. The molecule has 2 aromatic heterocycles. The van der Waals surface area contributed by atoms with Crippen LogP contribution in [0.1, 0.15) is 5.69 Å². The Morgan fingerprint density at radius 2 is 2.05 bits per heavy atom. The SMILES string of the molecule is Cn1c(CC(F)(F)F)cc2cc(-c3cnco3)c(Br)cc21. The van der Waals surface area contributed by atoms with Gasteiger partial charge in [-0.3, -0.25) is 0 Å². The second kappa shape index (κ2) is 4.91. The van der Waals surface area contributed by atoms with Crippen LogP contribution in [0.15, 0.2) is 39.7 Å². The van der Waals surface area contributed by atoms with Gasteiger partial charge in [-0.1, -0.05) is 0 Å². The Bertz CT molecular complexity index is 791. The molecule has 0 aliphatic heterocycles. The molecule has 0 spiro atoms. The van der Waals surface area contributed by atoms with Crippen LogP contribution in [0.25, 0.3) is 22.2 Å². The summed E-state index contributed by atoms with van der Waals surface area (Å²) in [6, 6.07) is 5.13. The van der Waals surface area contributed by atoms with Crippen LogP contribution >= 0.6 is 15.9 Å². The van der Waals surface area contributed by atoms with E-state index in [1.165, 1.54) is 6.39 Å². The molecule has 0 aliphatic carbocycles. The van der Waals surface area contributed by atoms with Crippen molar-refractivity contribution in [1.82, 2.24) is 9.55 Å². The van der Waals surface area contributed by atoms with Gasteiger partial charge in [-0.05, 0) is 34.1 Å². The van der Waals surface area contributed by atoms with E-state index in [0.29, 0.717) is 5.76 Å². The number of fused-ring (bicyclic) bond motifs is 1. The van der Waals surface area contributed by atoms with E-state index in [0.717, 1.165) is 20.9 Å². The zero-order chi connectivity index (χ0) is 15.2. The fourth-order valence-electron chi connectivity index (χ4n) is 2.33. The van der Waals surface area contributed by atoms with Crippen LogP contribution in [-0.4, -0.2) is 15.7 Å². The number of rotatable bonds is 2. The fourth-order valence-corrected chi connectivity index (χ4v) is 2.86. The summed E-state index contributed by atoms with van der Waals surface area (Å²) >= 11 is 3.42. The van der Waals surface area contributed by atoms with Gasteiger partial charge >= 0.3 is 6.18 Å². The van der Waals surface area contributed by atoms with E-state index in [1.807, 2.05) is 0 Å². The molecule has 0 bridgehead atoms. The van der Waals surface area contributed by atoms with Crippen LogP contribution in [0.5, 0.6) is 0 Å². The molecule has 21 heavy (non-hydrogen) atoms. The fraction of sp³-hybridized carbons (Fsp3) is 0.214. The molecular formula is C14H10BrF3N2O. The Morgan fingerprint density at radius 3 is 2.67 bits per heavy atom. The standard InChI is InChI=1S/C14H10BrF3N2O/c1-20-9(5-14(16,17)18)2-8-3-10(11(15)4-12(8)20)13-6-19-7-21-13/h2-4,6-7H,5H2,1H3. The monoisotopic (exact) mass is 358 g/mol. The van der Waals surface area contributed by atoms with Crippen LogP contribution in [0, 0.1) is 0 Å². The largest absolute Gasteiger partial charge is 0.443 e. The van der Waals surface area contributed by atoms with Gasteiger partial charge in [0.15, 0.2) is 12.2 Å². The van der Waals surface area contributed by atoms with E-state index in [4.69, 9.17) is 4.42 Å². The van der Waals surface area contributed by atoms with E-state index in [2.05, 4.69) is 20.9 Å². The highest BCUT2D eigenvalue weighted by atomic mass is 79.9. The Morgan fingerprint density at radius 1 is 1.29 bits per heavy atom. The molecule has 2 heterocycles. The minimum Gasteiger partial charge on any atom is -0.443 e. The van der Waals surface area contributed by atoms with Gasteiger partial charge in [0.25, 0.3) is 0 Å². The Balaban J connectivity index is 2.14. The topological polar surface area (TPSA) is 31.0 Å². The van der Waals surface area contributed by atoms with Crippen molar-refractivity contribution >= 4 is 26.8 Å². The van der Waals surface area contributed by atoms with Crippen LogP contribution in [0.4, 0.5) is 13.2 Å². The number of nitrogens with zero attached hydrogens (tertiary/aromatic N) is 2. The van der Waals surface area contributed by atoms with E-state index >= 15 is 0 Å². The lowest BCUT2D eigenvalue weighted by molar-refractivity contribution is -0.128. The number of alkyl halides is 3. The van der Waals surface area contributed by atoms with Crippen LogP contribution in [-0.2, 0) is 13.5 Å². The van der Waals surface area contributed by atoms with Gasteiger partial charge in [-0.25, -0.2) is 4.98 Å². The second-order valence-corrected chi connectivity index (χ2v) is 5.60.